The molecule has 5 aliphatic rings. The molecule has 18 nitrogen and oxygen atoms in total. The number of aromatic nitrogens is 5. The van der Waals surface area contributed by atoms with Crippen molar-refractivity contribution >= 4 is 63.7 Å². The van der Waals surface area contributed by atoms with E-state index < -0.39 is 41.5 Å². The summed E-state index contributed by atoms with van der Waals surface area (Å²) in [6.45, 7) is 17.8. The fraction of sp³-hybridized carbons (Fsp3) is 0.400. The van der Waals surface area contributed by atoms with Gasteiger partial charge in [-0.15, -0.1) is 0 Å². The van der Waals surface area contributed by atoms with E-state index in [9.17, 15) is 42.3 Å². The molecule has 4 aromatic heterocycles. The van der Waals surface area contributed by atoms with Crippen molar-refractivity contribution in [2.75, 3.05) is 63.0 Å². The van der Waals surface area contributed by atoms with Gasteiger partial charge >= 0.3 is 6.18 Å². The van der Waals surface area contributed by atoms with E-state index in [0.717, 1.165) is 75.0 Å². The van der Waals surface area contributed by atoms with Crippen LogP contribution in [0.4, 0.5) is 53.2 Å². The molecule has 21 heteroatoms. The van der Waals surface area contributed by atoms with Crippen LogP contribution < -0.4 is 35.8 Å². The van der Waals surface area contributed by atoms with Crippen LogP contribution in [0.5, 0.6) is 0 Å². The molecule has 2 fully saturated rings. The van der Waals surface area contributed by atoms with Crippen LogP contribution in [0, 0.1) is 5.41 Å². The fourth-order valence-corrected chi connectivity index (χ4v) is 12.6. The Balaban J connectivity index is 0.768. The Morgan fingerprint density at radius 2 is 1.60 bits per heavy atom. The number of piperazine rings is 1. The largest absolute Gasteiger partial charge is 0.399 e. The van der Waals surface area contributed by atoms with E-state index in [2.05, 4.69) is 74.1 Å². The van der Waals surface area contributed by atoms with E-state index in [1.165, 1.54) is 34.2 Å². The molecule has 3 N–H and O–H groups in total. The number of nitrogens with one attached hydrogen (secondary N) is 2. The second kappa shape index (κ2) is 20.4. The summed E-state index contributed by atoms with van der Waals surface area (Å²) in [6, 6.07) is 17.2. The van der Waals surface area contributed by atoms with E-state index in [-0.39, 0.29) is 57.8 Å². The van der Waals surface area contributed by atoms with E-state index in [4.69, 9.17) is 4.98 Å². The summed E-state index contributed by atoms with van der Waals surface area (Å²) in [7, 11) is 1.61. The predicted octanol–water partition coefficient (Wildman–Crippen LogP) is 8.39. The first-order valence-electron chi connectivity index (χ1n) is 27.3. The molecule has 4 aliphatic heterocycles. The Kier molecular flexibility index (Phi) is 13.8. The van der Waals surface area contributed by atoms with E-state index in [1.807, 2.05) is 24.3 Å². The van der Waals surface area contributed by atoms with Crippen molar-refractivity contribution in [3.63, 3.8) is 0 Å². The number of carbonyl (C=O) groups excluding carboxylic acids is 4. The molecular formula is C60H65F3N12O6. The summed E-state index contributed by atoms with van der Waals surface area (Å²) in [4.78, 5) is 91.1. The molecule has 1 aliphatic carbocycles. The average molecular weight is 1110 g/mol. The highest BCUT2D eigenvalue weighted by atomic mass is 19.4. The number of imide groups is 1. The first-order valence-corrected chi connectivity index (χ1v) is 27.3. The van der Waals surface area contributed by atoms with Gasteiger partial charge in [0.15, 0.2) is 5.82 Å². The Morgan fingerprint density at radius 3 is 2.33 bits per heavy atom. The van der Waals surface area contributed by atoms with Crippen LogP contribution in [0.25, 0.3) is 11.3 Å². The van der Waals surface area contributed by atoms with Gasteiger partial charge in [0.05, 0.1) is 46.2 Å². The number of fused-ring (bicyclic) bond motifs is 4. The highest BCUT2D eigenvalue weighted by Crippen LogP contribution is 2.43. The van der Waals surface area contributed by atoms with Crippen molar-refractivity contribution < 1.29 is 37.5 Å². The molecule has 2 saturated heterocycles. The van der Waals surface area contributed by atoms with Crippen LogP contribution in [0.15, 0.2) is 96.7 Å². The first-order chi connectivity index (χ1) is 38.5. The quantitative estimate of drug-likeness (QED) is 0.0782. The van der Waals surface area contributed by atoms with Crippen molar-refractivity contribution in [3.8, 4) is 11.3 Å². The van der Waals surface area contributed by atoms with Crippen LogP contribution in [0.2, 0.25) is 0 Å². The summed E-state index contributed by atoms with van der Waals surface area (Å²) in [5.74, 6) is -1.49. The topological polar surface area (TPSA) is 194 Å². The molecule has 11 rings (SSSR count). The maximum atomic E-state index is 14.1. The third kappa shape index (κ3) is 9.72. The number of alkyl halides is 3. The SMILES string of the molecule is C=CC(=O)Nc1cc(Nc2nc(-c3ccnc(N4CCn5c(cc6c5CC(C)(C)C6)C4=O)c3CO)cn(C)c2=O)ccc1N1CCN(C2CCN(c3ccc4c(c3)C(=O)N(c3ccnc(C(C)(C)C(F)(F)F)c3)C4=O)[C@H](C)C2)C[C@@H]1C. The second-order valence-corrected chi connectivity index (χ2v) is 23.3. The number of piperidine rings is 1. The zero-order chi connectivity index (χ0) is 57.6. The smallest absolute Gasteiger partial charge is 0.392 e. The van der Waals surface area contributed by atoms with Gasteiger partial charge in [0.1, 0.15) is 16.9 Å². The number of hydrogen-bond acceptors (Lipinski definition) is 13. The molecule has 0 radical (unpaired) electrons. The number of benzene rings is 2. The lowest BCUT2D eigenvalue weighted by molar-refractivity contribution is -0.181. The Labute approximate surface area is 466 Å². The van der Waals surface area contributed by atoms with Gasteiger partial charge in [0.2, 0.25) is 5.91 Å². The molecule has 422 valence electrons. The Hall–Kier alpha value is -8.17. The molecule has 1 unspecified atom stereocenters. The molecule has 0 spiro atoms. The first kappa shape index (κ1) is 54.8. The fourth-order valence-electron chi connectivity index (χ4n) is 12.6. The third-order valence-electron chi connectivity index (χ3n) is 17.0. The normalized spacial score (nSPS) is 20.1. The maximum absolute atomic E-state index is 14.1. The molecule has 8 heterocycles. The third-order valence-corrected chi connectivity index (χ3v) is 17.0. The number of nitrogens with zero attached hydrogens (tertiary/aromatic N) is 10. The van der Waals surface area contributed by atoms with Gasteiger partial charge in [0, 0.05) is 111 Å². The molecule has 3 atom stereocenters. The lowest BCUT2D eigenvalue weighted by Gasteiger charge is -2.48. The number of anilines is 7. The van der Waals surface area contributed by atoms with Gasteiger partial charge in [0.25, 0.3) is 23.3 Å². The van der Waals surface area contributed by atoms with Crippen molar-refractivity contribution in [2.24, 2.45) is 12.5 Å². The maximum Gasteiger partial charge on any atom is 0.399 e. The number of hydrogen-bond donors (Lipinski definition) is 3. The van der Waals surface area contributed by atoms with Gasteiger partial charge in [-0.25, -0.2) is 14.9 Å². The van der Waals surface area contributed by atoms with Gasteiger partial charge in [-0.2, -0.15) is 13.2 Å². The Bertz CT molecular complexity index is 3650. The number of aliphatic hydroxyl groups is 1. The molecule has 81 heavy (non-hydrogen) atoms. The van der Waals surface area contributed by atoms with Crippen LogP contribution in [-0.2, 0) is 43.3 Å². The van der Waals surface area contributed by atoms with Crippen LogP contribution in [-0.4, -0.2) is 115 Å². The number of carbonyl (C=O) groups is 4. The molecule has 2 aromatic carbocycles. The number of amides is 4. The number of aliphatic hydroxyl groups excluding tert-OH is 1. The Morgan fingerprint density at radius 1 is 0.840 bits per heavy atom. The predicted molar refractivity (Wildman–Crippen MR) is 304 cm³/mol. The van der Waals surface area contributed by atoms with Gasteiger partial charge in [-0.05, 0) is 131 Å². The zero-order valence-corrected chi connectivity index (χ0v) is 46.4. The lowest BCUT2D eigenvalue weighted by atomic mass is 9.88. The summed E-state index contributed by atoms with van der Waals surface area (Å²) >= 11 is 0. The lowest BCUT2D eigenvalue weighted by Crippen LogP contribution is -2.58. The highest BCUT2D eigenvalue weighted by molar-refractivity contribution is 6.34. The number of rotatable bonds is 12. The minimum Gasteiger partial charge on any atom is -0.392 e. The number of aryl methyl sites for hydroxylation is 1. The van der Waals surface area contributed by atoms with E-state index >= 15 is 0 Å². The molecule has 0 bridgehead atoms. The molecular weight excluding hydrogens is 1040 g/mol. The summed E-state index contributed by atoms with van der Waals surface area (Å²) < 4.78 is 45.3. The van der Waals surface area contributed by atoms with Crippen molar-refractivity contribution in [1.29, 1.82) is 0 Å². The molecule has 4 amide bonds. The summed E-state index contributed by atoms with van der Waals surface area (Å²) in [6.07, 6.45) is 4.38. The van der Waals surface area contributed by atoms with Gasteiger partial charge in [-0.1, -0.05) is 20.4 Å². The minimum atomic E-state index is -4.61. The average Bonchev–Trinajstić information content (AvgIpc) is 3.61. The second-order valence-electron chi connectivity index (χ2n) is 23.3. The molecule has 0 saturated carbocycles. The number of halogens is 3. The van der Waals surface area contributed by atoms with Crippen LogP contribution >= 0.6 is 0 Å². The van der Waals surface area contributed by atoms with Gasteiger partial charge < -0.3 is 34.7 Å². The highest BCUT2D eigenvalue weighted by Gasteiger charge is 2.50. The summed E-state index contributed by atoms with van der Waals surface area (Å²) in [5.41, 5.74) is 4.33. The van der Waals surface area contributed by atoms with Crippen LogP contribution in [0.3, 0.4) is 0 Å². The van der Waals surface area contributed by atoms with E-state index in [0.29, 0.717) is 65.9 Å². The summed E-state index contributed by atoms with van der Waals surface area (Å²) in [5, 5.41) is 17.1. The van der Waals surface area contributed by atoms with Crippen molar-refractivity contribution in [3.05, 3.63) is 142 Å². The zero-order valence-electron chi connectivity index (χ0n) is 46.4. The molecule has 6 aromatic rings. The standard InChI is InChI=1S/C60H65F3N12O6/c1-9-51(77)67-45-26-37(66-52-57(81)69(8)32-46(68-52)41-15-18-65-53(44(41)33-76)74-23-22-73-48(56(74)80)25-36-29-58(4,5)30-49(36)73)10-13-47(45)72-21-20-70(31-35(72)3)38-16-19-71(34(2)24-38)39-11-12-42-43(27-39)55(79)75(54(42)78)40-14-17-64-50(28-40)59(6,7)60(61,62)63/h9-15,17-18,25-28,32,34-35,38,76H,1,16,19-24,29-31,33H2,2-8H3,(H,66,68)(H,67,77)/t34-,35+,38?/m1/s1. The van der Waals surface area contributed by atoms with Crippen molar-refractivity contribution in [1.82, 2.24) is 29.0 Å². The monoisotopic (exact) mass is 1110 g/mol. The van der Waals surface area contributed by atoms with Gasteiger partial charge in [-0.3, -0.25) is 38.8 Å². The van der Waals surface area contributed by atoms with E-state index in [1.54, 1.807) is 48.6 Å². The van der Waals surface area contributed by atoms with Crippen molar-refractivity contribution in [2.45, 2.75) is 110 Å². The number of pyridine rings is 2. The van der Waals surface area contributed by atoms with Crippen LogP contribution in [0.1, 0.15) is 108 Å². The minimum absolute atomic E-state index is 0.00158.